The first kappa shape index (κ1) is 10.3. The highest BCUT2D eigenvalue weighted by atomic mass is 16.1. The highest BCUT2D eigenvalue weighted by Gasteiger charge is 2.06. The Morgan fingerprint density at radius 2 is 2.21 bits per heavy atom. The maximum absolute atomic E-state index is 10.8. The number of benzene rings is 1. The molecule has 0 N–H and O–H groups in total. The normalized spacial score (nSPS) is 9.14. The third kappa shape index (κ3) is 2.14. The average molecular weight is 187 g/mol. The number of terminal acetylenes is 1. The Labute approximate surface area is 84.5 Å². The molecule has 1 rings (SSSR count). The van der Waals surface area contributed by atoms with Crippen LogP contribution in [0.5, 0.6) is 0 Å². The lowest BCUT2D eigenvalue weighted by molar-refractivity contribution is 0.112. The predicted molar refractivity (Wildman–Crippen MR) is 58.5 cm³/mol. The van der Waals surface area contributed by atoms with Crippen molar-refractivity contribution in [3.8, 4) is 12.3 Å². The van der Waals surface area contributed by atoms with Crippen LogP contribution in [0.3, 0.4) is 0 Å². The van der Waals surface area contributed by atoms with Crippen molar-refractivity contribution in [3.63, 3.8) is 0 Å². The van der Waals surface area contributed by atoms with E-state index in [0.717, 1.165) is 18.5 Å². The van der Waals surface area contributed by atoms with E-state index in [1.165, 1.54) is 0 Å². The molecule has 0 bridgehead atoms. The fourth-order valence-electron chi connectivity index (χ4n) is 1.35. The molecule has 0 saturated carbocycles. The quantitative estimate of drug-likeness (QED) is 0.530. The van der Waals surface area contributed by atoms with Crippen LogP contribution in [-0.4, -0.2) is 19.4 Å². The minimum atomic E-state index is 0.529. The second kappa shape index (κ2) is 5.08. The van der Waals surface area contributed by atoms with Crippen LogP contribution in [0.25, 0.3) is 0 Å². The summed E-state index contributed by atoms with van der Waals surface area (Å²) in [5.41, 5.74) is 1.59. The highest BCUT2D eigenvalue weighted by molar-refractivity contribution is 5.84. The molecule has 72 valence electrons. The number of rotatable bonds is 4. The number of hydrogen-bond acceptors (Lipinski definition) is 2. The molecule has 0 radical (unpaired) electrons. The number of nitrogens with zero attached hydrogens (tertiary/aromatic N) is 1. The summed E-state index contributed by atoms with van der Waals surface area (Å²) in [6, 6.07) is 7.45. The van der Waals surface area contributed by atoms with E-state index >= 15 is 0 Å². The summed E-state index contributed by atoms with van der Waals surface area (Å²) >= 11 is 0. The fourth-order valence-corrected chi connectivity index (χ4v) is 1.35. The van der Waals surface area contributed by atoms with Crippen molar-refractivity contribution in [2.24, 2.45) is 0 Å². The Bertz CT molecular complexity index is 352. The van der Waals surface area contributed by atoms with Gasteiger partial charge in [0.2, 0.25) is 0 Å². The van der Waals surface area contributed by atoms with Gasteiger partial charge in [-0.25, -0.2) is 0 Å². The number of anilines is 1. The fraction of sp³-hybridized carbons (Fsp3) is 0.250. The van der Waals surface area contributed by atoms with Crippen molar-refractivity contribution in [3.05, 3.63) is 29.8 Å². The molecule has 0 aliphatic carbocycles. The van der Waals surface area contributed by atoms with Crippen molar-refractivity contribution < 1.29 is 4.79 Å². The predicted octanol–water partition coefficient (Wildman–Crippen LogP) is 1.96. The van der Waals surface area contributed by atoms with E-state index in [4.69, 9.17) is 6.42 Å². The maximum atomic E-state index is 10.8. The Kier molecular flexibility index (Phi) is 3.75. The van der Waals surface area contributed by atoms with Gasteiger partial charge in [0.1, 0.15) is 0 Å². The van der Waals surface area contributed by atoms with Crippen LogP contribution in [-0.2, 0) is 0 Å². The van der Waals surface area contributed by atoms with Gasteiger partial charge in [0.25, 0.3) is 0 Å². The third-order valence-electron chi connectivity index (χ3n) is 2.07. The smallest absolute Gasteiger partial charge is 0.152 e. The van der Waals surface area contributed by atoms with Gasteiger partial charge in [-0.2, -0.15) is 0 Å². The summed E-state index contributed by atoms with van der Waals surface area (Å²) in [5, 5.41) is 0. The monoisotopic (exact) mass is 187 g/mol. The SMILES string of the molecule is C#CCN(CC)c1ccccc1C=O. The topological polar surface area (TPSA) is 20.3 Å². The zero-order valence-corrected chi connectivity index (χ0v) is 8.23. The lowest BCUT2D eigenvalue weighted by atomic mass is 10.2. The maximum Gasteiger partial charge on any atom is 0.152 e. The second-order valence-corrected chi connectivity index (χ2v) is 2.89. The van der Waals surface area contributed by atoms with E-state index in [1.807, 2.05) is 30.0 Å². The molecule has 0 fully saturated rings. The molecule has 0 heterocycles. The van der Waals surface area contributed by atoms with Gasteiger partial charge < -0.3 is 4.90 Å². The molecule has 1 aromatic carbocycles. The van der Waals surface area contributed by atoms with Crippen molar-refractivity contribution in [1.29, 1.82) is 0 Å². The first-order valence-corrected chi connectivity index (χ1v) is 4.56. The Morgan fingerprint density at radius 3 is 2.79 bits per heavy atom. The largest absolute Gasteiger partial charge is 0.360 e. The van der Waals surface area contributed by atoms with E-state index in [2.05, 4.69) is 5.92 Å². The minimum Gasteiger partial charge on any atom is -0.360 e. The molecule has 0 amide bonds. The van der Waals surface area contributed by atoms with Gasteiger partial charge in [0.05, 0.1) is 6.54 Å². The number of aldehydes is 1. The number of hydrogen-bond donors (Lipinski definition) is 0. The van der Waals surface area contributed by atoms with Crippen molar-refractivity contribution in [2.75, 3.05) is 18.0 Å². The molecule has 1 aromatic rings. The summed E-state index contributed by atoms with van der Waals surface area (Å²) in [6.45, 7) is 3.34. The molecule has 0 aliphatic rings. The van der Waals surface area contributed by atoms with Crippen LogP contribution in [0, 0.1) is 12.3 Å². The first-order valence-electron chi connectivity index (χ1n) is 4.56. The molecule has 0 aliphatic heterocycles. The van der Waals surface area contributed by atoms with Crippen molar-refractivity contribution >= 4 is 12.0 Å². The average Bonchev–Trinajstić information content (AvgIpc) is 2.26. The Balaban J connectivity index is 3.03. The van der Waals surface area contributed by atoms with E-state index < -0.39 is 0 Å². The summed E-state index contributed by atoms with van der Waals surface area (Å²) in [5.74, 6) is 2.58. The summed E-state index contributed by atoms with van der Waals surface area (Å²) in [7, 11) is 0. The Morgan fingerprint density at radius 1 is 1.50 bits per heavy atom. The van der Waals surface area contributed by atoms with Crippen LogP contribution in [0.4, 0.5) is 5.69 Å². The molecular formula is C12H13NO. The second-order valence-electron chi connectivity index (χ2n) is 2.89. The lowest BCUT2D eigenvalue weighted by Crippen LogP contribution is -2.23. The van der Waals surface area contributed by atoms with Gasteiger partial charge in [-0.3, -0.25) is 4.79 Å². The summed E-state index contributed by atoms with van der Waals surface area (Å²) in [6.07, 6.45) is 6.11. The highest BCUT2D eigenvalue weighted by Crippen LogP contribution is 2.17. The standard InChI is InChI=1S/C12H13NO/c1-3-9-13(4-2)12-8-6-5-7-11(12)10-14/h1,5-8,10H,4,9H2,2H3. The van der Waals surface area contributed by atoms with Crippen LogP contribution in [0.2, 0.25) is 0 Å². The zero-order valence-electron chi connectivity index (χ0n) is 8.23. The molecule has 14 heavy (non-hydrogen) atoms. The van der Waals surface area contributed by atoms with E-state index in [9.17, 15) is 4.79 Å². The first-order chi connectivity index (χ1) is 6.83. The molecule has 0 spiro atoms. The minimum absolute atomic E-state index is 0.529. The summed E-state index contributed by atoms with van der Waals surface area (Å²) < 4.78 is 0. The van der Waals surface area contributed by atoms with Gasteiger partial charge in [-0.15, -0.1) is 6.42 Å². The lowest BCUT2D eigenvalue weighted by Gasteiger charge is -2.21. The Hall–Kier alpha value is -1.75. The number of carbonyl (C=O) groups is 1. The van der Waals surface area contributed by atoms with E-state index in [1.54, 1.807) is 6.07 Å². The van der Waals surface area contributed by atoms with Crippen LogP contribution in [0.1, 0.15) is 17.3 Å². The summed E-state index contributed by atoms with van der Waals surface area (Å²) in [4.78, 5) is 12.8. The van der Waals surface area contributed by atoms with Gasteiger partial charge in [-0.05, 0) is 19.1 Å². The molecule has 0 unspecified atom stereocenters. The van der Waals surface area contributed by atoms with E-state index in [-0.39, 0.29) is 0 Å². The van der Waals surface area contributed by atoms with E-state index in [0.29, 0.717) is 12.1 Å². The zero-order chi connectivity index (χ0) is 10.4. The van der Waals surface area contributed by atoms with Crippen molar-refractivity contribution in [1.82, 2.24) is 0 Å². The number of para-hydroxylation sites is 1. The van der Waals surface area contributed by atoms with Crippen LogP contribution >= 0.6 is 0 Å². The molecule has 0 saturated heterocycles. The van der Waals surface area contributed by atoms with Crippen molar-refractivity contribution in [2.45, 2.75) is 6.92 Å². The van der Waals surface area contributed by atoms with Gasteiger partial charge in [0.15, 0.2) is 6.29 Å². The molecule has 2 heteroatoms. The molecular weight excluding hydrogens is 174 g/mol. The third-order valence-corrected chi connectivity index (χ3v) is 2.07. The molecule has 2 nitrogen and oxygen atoms in total. The molecule has 0 atom stereocenters. The van der Waals surface area contributed by atoms with Gasteiger partial charge in [0, 0.05) is 17.8 Å². The molecule has 0 aromatic heterocycles. The van der Waals surface area contributed by atoms with Gasteiger partial charge in [-0.1, -0.05) is 18.1 Å². The van der Waals surface area contributed by atoms with Gasteiger partial charge >= 0.3 is 0 Å². The van der Waals surface area contributed by atoms with Crippen LogP contribution in [0.15, 0.2) is 24.3 Å². The number of carbonyl (C=O) groups excluding carboxylic acids is 1. The van der Waals surface area contributed by atoms with Crippen LogP contribution < -0.4 is 4.90 Å².